The third-order valence-electron chi connectivity index (χ3n) is 4.44. The molecule has 0 aromatic carbocycles. The van der Waals surface area contributed by atoms with Gasteiger partial charge in [-0.1, -0.05) is 6.92 Å². The number of carbonyl (C=O) groups excluding carboxylic acids is 2. The van der Waals surface area contributed by atoms with Crippen molar-refractivity contribution in [3.8, 4) is 0 Å². The van der Waals surface area contributed by atoms with E-state index < -0.39 is 5.91 Å². The molecule has 2 N–H and O–H groups in total. The molecule has 1 aliphatic heterocycles. The average molecular weight is 400 g/mol. The largest absolute Gasteiger partial charge is 0.444 e. The molecular weight excluding hydrogens is 374 g/mol. The molecule has 1 fully saturated rings. The van der Waals surface area contributed by atoms with Gasteiger partial charge in [0.15, 0.2) is 10.4 Å². The summed E-state index contributed by atoms with van der Waals surface area (Å²) in [5.41, 5.74) is -0.0970. The molecule has 134 valence electrons. The van der Waals surface area contributed by atoms with E-state index in [0.29, 0.717) is 17.1 Å². The van der Waals surface area contributed by atoms with Crippen molar-refractivity contribution in [2.45, 2.75) is 39.2 Å². The highest BCUT2D eigenvalue weighted by Gasteiger charge is 2.30. The van der Waals surface area contributed by atoms with Crippen LogP contribution in [0.5, 0.6) is 0 Å². The number of hydrogen-bond acceptors (Lipinski definition) is 4. The molecule has 0 aliphatic carbocycles. The average Bonchev–Trinajstić information content (AvgIpc) is 2.97. The Morgan fingerprint density at radius 1 is 1.38 bits per heavy atom. The zero-order chi connectivity index (χ0) is 17.7. The lowest BCUT2D eigenvalue weighted by atomic mass is 9.93. The summed E-state index contributed by atoms with van der Waals surface area (Å²) in [6.45, 7) is 9.17. The van der Waals surface area contributed by atoms with Gasteiger partial charge in [-0.2, -0.15) is 0 Å². The quantitative estimate of drug-likeness (QED) is 0.769. The van der Waals surface area contributed by atoms with Crippen LogP contribution in [-0.4, -0.2) is 48.4 Å². The molecule has 1 unspecified atom stereocenters. The van der Waals surface area contributed by atoms with Gasteiger partial charge in [-0.3, -0.25) is 14.5 Å². The van der Waals surface area contributed by atoms with Crippen molar-refractivity contribution >= 4 is 27.7 Å². The molecule has 2 amide bonds. The molecule has 2 rings (SSSR count). The molecular formula is C17H26BrN3O3. The van der Waals surface area contributed by atoms with Gasteiger partial charge < -0.3 is 15.1 Å². The zero-order valence-electron chi connectivity index (χ0n) is 14.5. The molecule has 7 heteroatoms. The van der Waals surface area contributed by atoms with E-state index in [0.717, 1.165) is 13.1 Å². The number of piperidine rings is 1. The molecule has 0 saturated carbocycles. The number of hydrogen-bond donors (Lipinski definition) is 2. The zero-order valence-corrected chi connectivity index (χ0v) is 16.1. The summed E-state index contributed by atoms with van der Waals surface area (Å²) in [6, 6.07) is 3.19. The monoisotopic (exact) mass is 399 g/mol. The summed E-state index contributed by atoms with van der Waals surface area (Å²) in [4.78, 5) is 26.3. The maximum atomic E-state index is 12.0. The van der Waals surface area contributed by atoms with E-state index in [2.05, 4.69) is 52.2 Å². The van der Waals surface area contributed by atoms with Crippen LogP contribution in [0.1, 0.15) is 44.2 Å². The van der Waals surface area contributed by atoms with Gasteiger partial charge in [-0.05, 0) is 67.2 Å². The highest BCUT2D eigenvalue weighted by atomic mass is 79.9. The lowest BCUT2D eigenvalue weighted by molar-refractivity contribution is -0.120. The molecule has 1 aromatic rings. The highest BCUT2D eigenvalue weighted by molar-refractivity contribution is 9.10. The van der Waals surface area contributed by atoms with Crippen LogP contribution in [0.15, 0.2) is 21.2 Å². The van der Waals surface area contributed by atoms with Crippen LogP contribution in [0.25, 0.3) is 0 Å². The van der Waals surface area contributed by atoms with Crippen molar-refractivity contribution < 1.29 is 14.0 Å². The highest BCUT2D eigenvalue weighted by Crippen LogP contribution is 2.23. The van der Waals surface area contributed by atoms with Crippen molar-refractivity contribution in [3.63, 3.8) is 0 Å². The minimum atomic E-state index is -0.403. The first kappa shape index (κ1) is 19.0. The van der Waals surface area contributed by atoms with Crippen molar-refractivity contribution in [3.05, 3.63) is 22.6 Å². The predicted octanol–water partition coefficient (Wildman–Crippen LogP) is 2.40. The van der Waals surface area contributed by atoms with Crippen LogP contribution in [0.2, 0.25) is 0 Å². The van der Waals surface area contributed by atoms with Gasteiger partial charge in [0.25, 0.3) is 5.91 Å². The molecule has 0 spiro atoms. The summed E-state index contributed by atoms with van der Waals surface area (Å²) >= 11 is 3.14. The third kappa shape index (κ3) is 5.34. The van der Waals surface area contributed by atoms with Crippen LogP contribution in [0.3, 0.4) is 0 Å². The molecule has 1 atom stereocenters. The van der Waals surface area contributed by atoms with Gasteiger partial charge >= 0.3 is 0 Å². The van der Waals surface area contributed by atoms with Crippen molar-refractivity contribution in [2.75, 3.05) is 26.2 Å². The summed E-state index contributed by atoms with van der Waals surface area (Å²) in [5, 5.41) is 5.47. The number of carbonyl (C=O) groups is 2. The molecule has 2 heterocycles. The molecule has 24 heavy (non-hydrogen) atoms. The fourth-order valence-corrected chi connectivity index (χ4v) is 3.22. The Labute approximate surface area is 151 Å². The normalized spacial score (nSPS) is 19.1. The number of rotatable bonds is 6. The standard InChI is InChI=1S/C17H26BrN3O3/c1-12-5-4-8-21(10-12)17(2,3)11-20-15(22)9-19-16(23)13-6-7-14(18)24-13/h6-7,12H,4-5,8-11H2,1-3H3,(H,19,23)(H,20,22). The smallest absolute Gasteiger partial charge is 0.287 e. The SMILES string of the molecule is CC1CCCN(C(C)(C)CNC(=O)CNC(=O)c2ccc(Br)o2)C1. The topological polar surface area (TPSA) is 74.6 Å². The second-order valence-electron chi connectivity index (χ2n) is 7.07. The first-order valence-corrected chi connectivity index (χ1v) is 9.12. The Hall–Kier alpha value is -1.34. The lowest BCUT2D eigenvalue weighted by Gasteiger charge is -2.43. The van der Waals surface area contributed by atoms with E-state index >= 15 is 0 Å². The minimum absolute atomic E-state index is 0.0658. The van der Waals surface area contributed by atoms with Gasteiger partial charge in [0.2, 0.25) is 5.91 Å². The summed E-state index contributed by atoms with van der Waals surface area (Å²) in [7, 11) is 0. The van der Waals surface area contributed by atoms with Gasteiger partial charge in [-0.15, -0.1) is 0 Å². The number of halogens is 1. The molecule has 1 aliphatic rings. The maximum absolute atomic E-state index is 12.0. The van der Waals surface area contributed by atoms with Gasteiger partial charge in [0.05, 0.1) is 6.54 Å². The lowest BCUT2D eigenvalue weighted by Crippen LogP contribution is -2.55. The second-order valence-corrected chi connectivity index (χ2v) is 7.85. The molecule has 6 nitrogen and oxygen atoms in total. The molecule has 1 aromatic heterocycles. The summed E-state index contributed by atoms with van der Waals surface area (Å²) in [5.74, 6) is 0.269. The Morgan fingerprint density at radius 2 is 2.12 bits per heavy atom. The van der Waals surface area contributed by atoms with Gasteiger partial charge in [0, 0.05) is 18.6 Å². The van der Waals surface area contributed by atoms with Crippen LogP contribution < -0.4 is 10.6 Å². The summed E-state index contributed by atoms with van der Waals surface area (Å²) in [6.07, 6.45) is 2.47. The van der Waals surface area contributed by atoms with Crippen LogP contribution in [-0.2, 0) is 4.79 Å². The van der Waals surface area contributed by atoms with E-state index in [-0.39, 0.29) is 23.8 Å². The minimum Gasteiger partial charge on any atom is -0.444 e. The van der Waals surface area contributed by atoms with E-state index in [1.165, 1.54) is 12.8 Å². The summed E-state index contributed by atoms with van der Waals surface area (Å²) < 4.78 is 5.63. The maximum Gasteiger partial charge on any atom is 0.287 e. The first-order chi connectivity index (χ1) is 11.3. The Kier molecular flexibility index (Phi) is 6.46. The van der Waals surface area contributed by atoms with Crippen LogP contribution >= 0.6 is 15.9 Å². The number of likely N-dealkylation sites (tertiary alicyclic amines) is 1. The van der Waals surface area contributed by atoms with Crippen molar-refractivity contribution in [1.82, 2.24) is 15.5 Å². The number of furan rings is 1. The van der Waals surface area contributed by atoms with Crippen molar-refractivity contribution in [2.24, 2.45) is 5.92 Å². The Morgan fingerprint density at radius 3 is 2.75 bits per heavy atom. The van der Waals surface area contributed by atoms with Crippen LogP contribution in [0, 0.1) is 5.92 Å². The fourth-order valence-electron chi connectivity index (χ4n) is 2.91. The fraction of sp³-hybridized carbons (Fsp3) is 0.647. The number of amides is 2. The van der Waals surface area contributed by atoms with E-state index in [1.54, 1.807) is 12.1 Å². The van der Waals surface area contributed by atoms with E-state index in [9.17, 15) is 9.59 Å². The predicted molar refractivity (Wildman–Crippen MR) is 95.8 cm³/mol. The van der Waals surface area contributed by atoms with E-state index in [4.69, 9.17) is 4.42 Å². The van der Waals surface area contributed by atoms with Crippen molar-refractivity contribution in [1.29, 1.82) is 0 Å². The Bertz CT molecular complexity index is 585. The Balaban J connectivity index is 1.74. The number of nitrogens with one attached hydrogen (secondary N) is 2. The van der Waals surface area contributed by atoms with Gasteiger partial charge in [-0.25, -0.2) is 0 Å². The molecule has 1 saturated heterocycles. The molecule has 0 bridgehead atoms. The second kappa shape index (κ2) is 8.16. The first-order valence-electron chi connectivity index (χ1n) is 8.33. The van der Waals surface area contributed by atoms with Crippen LogP contribution in [0.4, 0.5) is 0 Å². The molecule has 0 radical (unpaired) electrons. The van der Waals surface area contributed by atoms with Gasteiger partial charge in [0.1, 0.15) is 0 Å². The number of nitrogens with zero attached hydrogens (tertiary/aromatic N) is 1. The third-order valence-corrected chi connectivity index (χ3v) is 4.86. The van der Waals surface area contributed by atoms with E-state index in [1.807, 2.05) is 0 Å².